The minimum atomic E-state index is -0.774. The van der Waals surface area contributed by atoms with Crippen molar-refractivity contribution in [3.63, 3.8) is 0 Å². The van der Waals surface area contributed by atoms with Crippen LogP contribution in [0.15, 0.2) is 6.20 Å². The van der Waals surface area contributed by atoms with Gasteiger partial charge in [-0.25, -0.2) is 4.98 Å². The largest absolute Gasteiger partial charge is 0.481 e. The second-order valence-electron chi connectivity index (χ2n) is 4.35. The van der Waals surface area contributed by atoms with Gasteiger partial charge in [0.2, 0.25) is 0 Å². The first-order valence-electron chi connectivity index (χ1n) is 5.43. The highest BCUT2D eigenvalue weighted by Crippen LogP contribution is 2.35. The van der Waals surface area contributed by atoms with E-state index >= 15 is 0 Å². The van der Waals surface area contributed by atoms with Crippen LogP contribution in [0.25, 0.3) is 0 Å². The van der Waals surface area contributed by atoms with Crippen molar-refractivity contribution < 1.29 is 9.90 Å². The van der Waals surface area contributed by atoms with Crippen LogP contribution in [0.2, 0.25) is 0 Å². The van der Waals surface area contributed by atoms with Gasteiger partial charge in [-0.3, -0.25) is 4.79 Å². The second-order valence-corrected chi connectivity index (χ2v) is 4.35. The Morgan fingerprint density at radius 3 is 3.00 bits per heavy atom. The molecule has 1 fully saturated rings. The molecule has 1 heterocycles. The molecule has 4 nitrogen and oxygen atoms in total. The number of rotatable bonds is 4. The number of aromatic amines is 1. The maximum atomic E-state index is 10.5. The summed E-state index contributed by atoms with van der Waals surface area (Å²) < 4.78 is 0. The number of carboxylic acid groups (broad SMARTS) is 1. The normalized spacial score (nSPS) is 18.5. The first-order valence-corrected chi connectivity index (χ1v) is 5.43. The standard InChI is InChI=1S/C11H16N2O2/c1-7(5-10(14)15)11-12-6-9(13-11)8-3-2-4-8/h6-8H,2-5H2,1H3,(H,12,13)(H,14,15). The van der Waals surface area contributed by atoms with Gasteiger partial charge in [-0.2, -0.15) is 0 Å². The highest BCUT2D eigenvalue weighted by Gasteiger charge is 2.22. The van der Waals surface area contributed by atoms with Crippen molar-refractivity contribution in [1.82, 2.24) is 9.97 Å². The predicted octanol–water partition coefficient (Wildman–Crippen LogP) is 2.26. The van der Waals surface area contributed by atoms with Crippen molar-refractivity contribution in [1.29, 1.82) is 0 Å². The molecule has 2 rings (SSSR count). The van der Waals surface area contributed by atoms with Crippen LogP contribution in [0.1, 0.15) is 56.0 Å². The second kappa shape index (κ2) is 4.04. The Kier molecular flexibility index (Phi) is 2.75. The van der Waals surface area contributed by atoms with E-state index in [0.29, 0.717) is 5.92 Å². The highest BCUT2D eigenvalue weighted by molar-refractivity contribution is 5.67. The lowest BCUT2D eigenvalue weighted by molar-refractivity contribution is -0.137. The fourth-order valence-electron chi connectivity index (χ4n) is 1.89. The molecule has 0 saturated heterocycles. The zero-order valence-electron chi connectivity index (χ0n) is 8.86. The lowest BCUT2D eigenvalue weighted by Crippen LogP contribution is -2.09. The Morgan fingerprint density at radius 1 is 1.73 bits per heavy atom. The fourth-order valence-corrected chi connectivity index (χ4v) is 1.89. The molecule has 0 radical (unpaired) electrons. The molecule has 4 heteroatoms. The Bertz CT molecular complexity index is 355. The van der Waals surface area contributed by atoms with E-state index in [9.17, 15) is 4.79 Å². The predicted molar refractivity (Wildman–Crippen MR) is 55.8 cm³/mol. The molecule has 1 unspecified atom stereocenters. The number of aromatic nitrogens is 2. The summed E-state index contributed by atoms with van der Waals surface area (Å²) >= 11 is 0. The number of nitrogens with zero attached hydrogens (tertiary/aromatic N) is 1. The Hall–Kier alpha value is -1.32. The zero-order valence-corrected chi connectivity index (χ0v) is 8.86. The first-order chi connectivity index (χ1) is 7.16. The number of H-pyrrole nitrogens is 1. The average molecular weight is 208 g/mol. The van der Waals surface area contributed by atoms with Gasteiger partial charge in [0.15, 0.2) is 0 Å². The molecular formula is C11H16N2O2. The SMILES string of the molecule is CC(CC(=O)O)c1ncc(C2CCC2)[nH]1. The Labute approximate surface area is 88.7 Å². The molecular weight excluding hydrogens is 192 g/mol. The smallest absolute Gasteiger partial charge is 0.304 e. The van der Waals surface area contributed by atoms with Gasteiger partial charge in [-0.15, -0.1) is 0 Å². The van der Waals surface area contributed by atoms with Crippen LogP contribution in [-0.4, -0.2) is 21.0 Å². The monoisotopic (exact) mass is 208 g/mol. The van der Waals surface area contributed by atoms with Gasteiger partial charge in [0.1, 0.15) is 5.82 Å². The molecule has 0 bridgehead atoms. The van der Waals surface area contributed by atoms with E-state index in [1.165, 1.54) is 25.0 Å². The van der Waals surface area contributed by atoms with Crippen molar-refractivity contribution in [2.45, 2.75) is 44.4 Å². The summed E-state index contributed by atoms with van der Waals surface area (Å²) in [5.41, 5.74) is 1.17. The van der Waals surface area contributed by atoms with Crippen LogP contribution in [0.5, 0.6) is 0 Å². The third-order valence-electron chi connectivity index (χ3n) is 3.11. The highest BCUT2D eigenvalue weighted by atomic mass is 16.4. The van der Waals surface area contributed by atoms with Crippen molar-refractivity contribution in [2.75, 3.05) is 0 Å². The Morgan fingerprint density at radius 2 is 2.47 bits per heavy atom. The van der Waals surface area contributed by atoms with E-state index in [2.05, 4.69) is 9.97 Å². The number of hydrogen-bond acceptors (Lipinski definition) is 2. The molecule has 0 spiro atoms. The van der Waals surface area contributed by atoms with Crippen molar-refractivity contribution in [3.8, 4) is 0 Å². The van der Waals surface area contributed by atoms with Gasteiger partial charge in [0.05, 0.1) is 6.42 Å². The van der Waals surface area contributed by atoms with Crippen LogP contribution in [-0.2, 0) is 4.79 Å². The number of carboxylic acids is 1. The van der Waals surface area contributed by atoms with Gasteiger partial charge in [-0.1, -0.05) is 13.3 Å². The number of nitrogens with one attached hydrogen (secondary N) is 1. The molecule has 0 aliphatic heterocycles. The van der Waals surface area contributed by atoms with E-state index in [1.54, 1.807) is 0 Å². The minimum Gasteiger partial charge on any atom is -0.481 e. The van der Waals surface area contributed by atoms with Crippen LogP contribution in [0.4, 0.5) is 0 Å². The number of hydrogen-bond donors (Lipinski definition) is 2. The van der Waals surface area contributed by atoms with Crippen molar-refractivity contribution in [3.05, 3.63) is 17.7 Å². The molecule has 1 aromatic heterocycles. The molecule has 0 amide bonds. The molecule has 0 aromatic carbocycles. The fraction of sp³-hybridized carbons (Fsp3) is 0.636. The van der Waals surface area contributed by atoms with Gasteiger partial charge in [0, 0.05) is 23.7 Å². The third-order valence-corrected chi connectivity index (χ3v) is 3.11. The summed E-state index contributed by atoms with van der Waals surface area (Å²) in [5, 5.41) is 8.68. The summed E-state index contributed by atoms with van der Waals surface area (Å²) in [7, 11) is 0. The van der Waals surface area contributed by atoms with Crippen LogP contribution < -0.4 is 0 Å². The number of aliphatic carboxylic acids is 1. The van der Waals surface area contributed by atoms with E-state index in [0.717, 1.165) is 5.82 Å². The maximum Gasteiger partial charge on any atom is 0.304 e. The third kappa shape index (κ3) is 2.19. The van der Waals surface area contributed by atoms with Gasteiger partial charge >= 0.3 is 5.97 Å². The summed E-state index contributed by atoms with van der Waals surface area (Å²) in [5.74, 6) is 0.628. The van der Waals surface area contributed by atoms with Gasteiger partial charge in [-0.05, 0) is 12.8 Å². The van der Waals surface area contributed by atoms with E-state index < -0.39 is 5.97 Å². The summed E-state index contributed by atoms with van der Waals surface area (Å²) in [6.07, 6.45) is 5.75. The summed E-state index contributed by atoms with van der Waals surface area (Å²) in [4.78, 5) is 18.0. The van der Waals surface area contributed by atoms with Crippen LogP contribution in [0, 0.1) is 0 Å². The molecule has 1 saturated carbocycles. The zero-order chi connectivity index (χ0) is 10.8. The molecule has 1 aliphatic rings. The molecule has 82 valence electrons. The maximum absolute atomic E-state index is 10.5. The van der Waals surface area contributed by atoms with E-state index in [1.807, 2.05) is 13.1 Å². The van der Waals surface area contributed by atoms with E-state index in [-0.39, 0.29) is 12.3 Å². The molecule has 1 atom stereocenters. The molecule has 15 heavy (non-hydrogen) atoms. The average Bonchev–Trinajstić information content (AvgIpc) is 2.48. The molecule has 2 N–H and O–H groups in total. The lowest BCUT2D eigenvalue weighted by atomic mass is 9.83. The van der Waals surface area contributed by atoms with Crippen molar-refractivity contribution >= 4 is 5.97 Å². The van der Waals surface area contributed by atoms with Crippen LogP contribution in [0.3, 0.4) is 0 Å². The summed E-state index contributed by atoms with van der Waals surface area (Å²) in [6, 6.07) is 0. The molecule has 1 aliphatic carbocycles. The van der Waals surface area contributed by atoms with Crippen molar-refractivity contribution in [2.24, 2.45) is 0 Å². The van der Waals surface area contributed by atoms with Crippen LogP contribution >= 0.6 is 0 Å². The quantitative estimate of drug-likeness (QED) is 0.797. The topological polar surface area (TPSA) is 66.0 Å². The number of carbonyl (C=O) groups is 1. The van der Waals surface area contributed by atoms with E-state index in [4.69, 9.17) is 5.11 Å². The number of imidazole rings is 1. The van der Waals surface area contributed by atoms with Gasteiger partial charge < -0.3 is 10.1 Å². The summed E-state index contributed by atoms with van der Waals surface area (Å²) in [6.45, 7) is 1.89. The first kappa shape index (κ1) is 10.2. The minimum absolute atomic E-state index is 0.0312. The lowest BCUT2D eigenvalue weighted by Gasteiger charge is -2.23. The van der Waals surface area contributed by atoms with Gasteiger partial charge in [0.25, 0.3) is 0 Å². The molecule has 1 aromatic rings. The Balaban J connectivity index is 2.02.